The molecule has 3 heteroatoms. The molecule has 2 N–H and O–H groups in total. The van der Waals surface area contributed by atoms with Gasteiger partial charge in [0.25, 0.3) is 0 Å². The Kier molecular flexibility index (Phi) is 5.72. The number of aliphatic hydroxyl groups is 1. The second kappa shape index (κ2) is 6.00. The minimum atomic E-state index is -0.924. The molecule has 0 saturated heterocycles. The SMILES string of the molecule is CC(C)CCC[C@@H](O)CC(=O)O. The van der Waals surface area contributed by atoms with E-state index in [0.717, 1.165) is 12.8 Å². The molecule has 0 rings (SSSR count). The Morgan fingerprint density at radius 1 is 1.33 bits per heavy atom. The van der Waals surface area contributed by atoms with Gasteiger partial charge in [-0.1, -0.05) is 26.7 Å². The number of aliphatic carboxylic acids is 1. The van der Waals surface area contributed by atoms with E-state index in [1.54, 1.807) is 0 Å². The minimum Gasteiger partial charge on any atom is -0.481 e. The first-order valence-electron chi connectivity index (χ1n) is 4.42. The Morgan fingerprint density at radius 2 is 1.92 bits per heavy atom. The molecule has 0 aliphatic rings. The highest BCUT2D eigenvalue weighted by Crippen LogP contribution is 2.09. The van der Waals surface area contributed by atoms with E-state index < -0.39 is 12.1 Å². The fourth-order valence-electron chi connectivity index (χ4n) is 1.07. The van der Waals surface area contributed by atoms with E-state index >= 15 is 0 Å². The van der Waals surface area contributed by atoms with E-state index in [4.69, 9.17) is 10.2 Å². The first kappa shape index (κ1) is 11.4. The molecular formula is C9H18O3. The van der Waals surface area contributed by atoms with Crippen LogP contribution in [0.15, 0.2) is 0 Å². The van der Waals surface area contributed by atoms with Crippen molar-refractivity contribution in [2.75, 3.05) is 0 Å². The summed E-state index contributed by atoms with van der Waals surface area (Å²) in [6.07, 6.45) is 1.77. The summed E-state index contributed by atoms with van der Waals surface area (Å²) >= 11 is 0. The third-order valence-electron chi connectivity index (χ3n) is 1.73. The van der Waals surface area contributed by atoms with Crippen LogP contribution in [0.2, 0.25) is 0 Å². The molecule has 0 fully saturated rings. The predicted octanol–water partition coefficient (Wildman–Crippen LogP) is 1.65. The molecule has 0 heterocycles. The summed E-state index contributed by atoms with van der Waals surface area (Å²) in [6.45, 7) is 4.23. The van der Waals surface area contributed by atoms with Gasteiger partial charge in [-0.3, -0.25) is 4.79 Å². The standard InChI is InChI=1S/C9H18O3/c1-7(2)4-3-5-8(10)6-9(11)12/h7-8,10H,3-6H2,1-2H3,(H,11,12)/t8-/m1/s1. The zero-order valence-electron chi connectivity index (χ0n) is 7.79. The molecule has 0 saturated carbocycles. The van der Waals surface area contributed by atoms with Crippen molar-refractivity contribution in [1.82, 2.24) is 0 Å². The second-order valence-electron chi connectivity index (χ2n) is 3.58. The van der Waals surface area contributed by atoms with E-state index in [-0.39, 0.29) is 6.42 Å². The number of carboxylic acid groups (broad SMARTS) is 1. The molecular weight excluding hydrogens is 156 g/mol. The lowest BCUT2D eigenvalue weighted by atomic mass is 10.0. The third kappa shape index (κ3) is 7.54. The normalized spacial score (nSPS) is 13.3. The van der Waals surface area contributed by atoms with Gasteiger partial charge in [0, 0.05) is 0 Å². The van der Waals surface area contributed by atoms with Gasteiger partial charge in [-0.25, -0.2) is 0 Å². The molecule has 0 bridgehead atoms. The molecule has 0 spiro atoms. The highest BCUT2D eigenvalue weighted by Gasteiger charge is 2.08. The van der Waals surface area contributed by atoms with Gasteiger partial charge in [0.05, 0.1) is 12.5 Å². The van der Waals surface area contributed by atoms with E-state index in [0.29, 0.717) is 12.3 Å². The Bertz CT molecular complexity index is 132. The average Bonchev–Trinajstić information content (AvgIpc) is 1.84. The van der Waals surface area contributed by atoms with Gasteiger partial charge in [0.15, 0.2) is 0 Å². The van der Waals surface area contributed by atoms with Crippen LogP contribution < -0.4 is 0 Å². The fourth-order valence-corrected chi connectivity index (χ4v) is 1.07. The predicted molar refractivity (Wildman–Crippen MR) is 46.9 cm³/mol. The minimum absolute atomic E-state index is 0.127. The van der Waals surface area contributed by atoms with Crippen LogP contribution in [0.25, 0.3) is 0 Å². The number of rotatable bonds is 6. The van der Waals surface area contributed by atoms with Crippen molar-refractivity contribution in [3.8, 4) is 0 Å². The van der Waals surface area contributed by atoms with Crippen LogP contribution in [0.5, 0.6) is 0 Å². The van der Waals surface area contributed by atoms with Crippen LogP contribution in [-0.4, -0.2) is 22.3 Å². The number of hydrogen-bond acceptors (Lipinski definition) is 2. The van der Waals surface area contributed by atoms with Crippen LogP contribution in [0, 0.1) is 5.92 Å². The summed E-state index contributed by atoms with van der Waals surface area (Å²) in [5.41, 5.74) is 0. The van der Waals surface area contributed by atoms with Gasteiger partial charge in [-0.2, -0.15) is 0 Å². The molecule has 0 aromatic heterocycles. The van der Waals surface area contributed by atoms with Crippen molar-refractivity contribution in [2.24, 2.45) is 5.92 Å². The van der Waals surface area contributed by atoms with Crippen LogP contribution in [0.3, 0.4) is 0 Å². The van der Waals surface area contributed by atoms with Gasteiger partial charge < -0.3 is 10.2 Å². The van der Waals surface area contributed by atoms with Crippen molar-refractivity contribution in [1.29, 1.82) is 0 Å². The summed E-state index contributed by atoms with van der Waals surface area (Å²) < 4.78 is 0. The van der Waals surface area contributed by atoms with Crippen molar-refractivity contribution in [2.45, 2.75) is 45.6 Å². The fraction of sp³-hybridized carbons (Fsp3) is 0.889. The average molecular weight is 174 g/mol. The van der Waals surface area contributed by atoms with E-state index in [1.165, 1.54) is 0 Å². The lowest BCUT2D eigenvalue weighted by Crippen LogP contribution is -2.12. The van der Waals surface area contributed by atoms with Gasteiger partial charge in [-0.05, 0) is 12.3 Å². The lowest BCUT2D eigenvalue weighted by Gasteiger charge is -2.08. The molecule has 12 heavy (non-hydrogen) atoms. The van der Waals surface area contributed by atoms with Gasteiger partial charge in [-0.15, -0.1) is 0 Å². The van der Waals surface area contributed by atoms with Crippen LogP contribution in [0.4, 0.5) is 0 Å². The van der Waals surface area contributed by atoms with Crippen molar-refractivity contribution < 1.29 is 15.0 Å². The maximum atomic E-state index is 10.1. The topological polar surface area (TPSA) is 57.5 Å². The highest BCUT2D eigenvalue weighted by atomic mass is 16.4. The van der Waals surface area contributed by atoms with Crippen molar-refractivity contribution in [3.05, 3.63) is 0 Å². The smallest absolute Gasteiger partial charge is 0.305 e. The van der Waals surface area contributed by atoms with Crippen molar-refractivity contribution in [3.63, 3.8) is 0 Å². The monoisotopic (exact) mass is 174 g/mol. The largest absolute Gasteiger partial charge is 0.481 e. The van der Waals surface area contributed by atoms with Crippen LogP contribution in [0.1, 0.15) is 39.5 Å². The summed E-state index contributed by atoms with van der Waals surface area (Å²) in [7, 11) is 0. The lowest BCUT2D eigenvalue weighted by molar-refractivity contribution is -0.139. The van der Waals surface area contributed by atoms with Gasteiger partial charge >= 0.3 is 5.97 Å². The van der Waals surface area contributed by atoms with E-state index in [2.05, 4.69) is 13.8 Å². The molecule has 72 valence electrons. The quantitative estimate of drug-likeness (QED) is 0.643. The summed E-state index contributed by atoms with van der Waals surface area (Å²) in [6, 6.07) is 0. The van der Waals surface area contributed by atoms with E-state index in [1.807, 2.05) is 0 Å². The number of hydrogen-bond donors (Lipinski definition) is 2. The highest BCUT2D eigenvalue weighted by molar-refractivity contribution is 5.67. The molecule has 0 amide bonds. The summed E-state index contributed by atoms with van der Waals surface area (Å²) in [5, 5.41) is 17.5. The molecule has 0 aromatic carbocycles. The Balaban J connectivity index is 3.31. The van der Waals surface area contributed by atoms with Crippen LogP contribution >= 0.6 is 0 Å². The Morgan fingerprint density at radius 3 is 2.33 bits per heavy atom. The molecule has 0 aliphatic heterocycles. The number of aliphatic hydroxyl groups excluding tert-OH is 1. The van der Waals surface area contributed by atoms with Crippen LogP contribution in [-0.2, 0) is 4.79 Å². The number of carbonyl (C=O) groups is 1. The zero-order chi connectivity index (χ0) is 9.56. The maximum Gasteiger partial charge on any atom is 0.305 e. The Labute approximate surface area is 73.4 Å². The molecule has 3 nitrogen and oxygen atoms in total. The van der Waals surface area contributed by atoms with E-state index in [9.17, 15) is 4.79 Å². The molecule has 0 aliphatic carbocycles. The summed E-state index contributed by atoms with van der Waals surface area (Å²) in [5.74, 6) is -0.297. The first-order valence-corrected chi connectivity index (χ1v) is 4.42. The molecule has 0 radical (unpaired) electrons. The van der Waals surface area contributed by atoms with Gasteiger partial charge in [0.1, 0.15) is 0 Å². The zero-order valence-corrected chi connectivity index (χ0v) is 7.79. The Hall–Kier alpha value is -0.570. The maximum absolute atomic E-state index is 10.1. The van der Waals surface area contributed by atoms with Gasteiger partial charge in [0.2, 0.25) is 0 Å². The third-order valence-corrected chi connectivity index (χ3v) is 1.73. The molecule has 1 atom stereocenters. The first-order chi connectivity index (χ1) is 5.52. The van der Waals surface area contributed by atoms with Crippen molar-refractivity contribution >= 4 is 5.97 Å². The molecule has 0 unspecified atom stereocenters. The number of carboxylic acids is 1. The molecule has 0 aromatic rings. The summed E-state index contributed by atoms with van der Waals surface area (Å²) in [4.78, 5) is 10.1. The second-order valence-corrected chi connectivity index (χ2v) is 3.58.